The second kappa shape index (κ2) is 6.78. The van der Waals surface area contributed by atoms with Gasteiger partial charge in [0.05, 0.1) is 5.69 Å². The standard InChI is InChI=1S/C16H15Br2ClN2/c17-11-7-15(18)16(21-8-11)13-5-6-20-9-14(13)10-1-3-12(19)4-2-10/h1-4,7-8,13-14,20H,5-6,9H2. The molecular weight excluding hydrogens is 415 g/mol. The number of rotatable bonds is 2. The fraction of sp³-hybridized carbons (Fsp3) is 0.312. The van der Waals surface area contributed by atoms with Crippen LogP contribution < -0.4 is 5.32 Å². The van der Waals surface area contributed by atoms with Crippen molar-refractivity contribution >= 4 is 43.5 Å². The molecule has 1 aromatic carbocycles. The van der Waals surface area contributed by atoms with E-state index in [1.807, 2.05) is 18.3 Å². The first-order chi connectivity index (χ1) is 10.1. The SMILES string of the molecule is Clc1ccc(C2CNCCC2c2ncc(Br)cc2Br)cc1. The summed E-state index contributed by atoms with van der Waals surface area (Å²) in [7, 11) is 0. The molecule has 5 heteroatoms. The second-order valence-corrected chi connectivity index (χ2v) is 7.48. The van der Waals surface area contributed by atoms with Crippen molar-refractivity contribution in [3.63, 3.8) is 0 Å². The molecule has 1 aromatic heterocycles. The highest BCUT2D eigenvalue weighted by atomic mass is 79.9. The van der Waals surface area contributed by atoms with Crippen LogP contribution in [0.4, 0.5) is 0 Å². The third-order valence-electron chi connectivity index (χ3n) is 3.97. The van der Waals surface area contributed by atoms with E-state index in [-0.39, 0.29) is 0 Å². The van der Waals surface area contributed by atoms with Gasteiger partial charge in [0.25, 0.3) is 0 Å². The minimum absolute atomic E-state index is 0.412. The molecule has 1 aliphatic rings. The van der Waals surface area contributed by atoms with E-state index >= 15 is 0 Å². The average molecular weight is 431 g/mol. The number of aromatic nitrogens is 1. The number of halogens is 3. The maximum atomic E-state index is 6.01. The second-order valence-electron chi connectivity index (χ2n) is 5.28. The predicted molar refractivity (Wildman–Crippen MR) is 94.1 cm³/mol. The van der Waals surface area contributed by atoms with Gasteiger partial charge in [-0.3, -0.25) is 4.98 Å². The van der Waals surface area contributed by atoms with Crippen LogP contribution in [-0.2, 0) is 0 Å². The lowest BCUT2D eigenvalue weighted by atomic mass is 9.79. The lowest BCUT2D eigenvalue weighted by Crippen LogP contribution is -2.34. The third kappa shape index (κ3) is 3.50. The molecular formula is C16H15Br2ClN2. The first kappa shape index (κ1) is 15.5. The minimum atomic E-state index is 0.412. The van der Waals surface area contributed by atoms with E-state index in [0.717, 1.165) is 39.2 Å². The fourth-order valence-electron chi connectivity index (χ4n) is 2.94. The van der Waals surface area contributed by atoms with Crippen molar-refractivity contribution in [2.45, 2.75) is 18.3 Å². The van der Waals surface area contributed by atoms with Gasteiger partial charge in [0, 0.05) is 38.5 Å². The Balaban J connectivity index is 1.96. The monoisotopic (exact) mass is 428 g/mol. The molecule has 1 N–H and O–H groups in total. The van der Waals surface area contributed by atoms with Gasteiger partial charge >= 0.3 is 0 Å². The highest BCUT2D eigenvalue weighted by molar-refractivity contribution is 9.11. The first-order valence-corrected chi connectivity index (χ1v) is 8.88. The van der Waals surface area contributed by atoms with Gasteiger partial charge in [0.1, 0.15) is 0 Å². The quantitative estimate of drug-likeness (QED) is 0.715. The van der Waals surface area contributed by atoms with Crippen LogP contribution in [0, 0.1) is 0 Å². The van der Waals surface area contributed by atoms with E-state index in [1.165, 1.54) is 5.56 Å². The number of nitrogens with zero attached hydrogens (tertiary/aromatic N) is 1. The average Bonchev–Trinajstić information content (AvgIpc) is 2.48. The summed E-state index contributed by atoms with van der Waals surface area (Å²) in [4.78, 5) is 4.65. The molecule has 2 atom stereocenters. The van der Waals surface area contributed by atoms with Gasteiger partial charge in [-0.15, -0.1) is 0 Å². The van der Waals surface area contributed by atoms with Gasteiger partial charge in [-0.2, -0.15) is 0 Å². The molecule has 0 aliphatic carbocycles. The highest BCUT2D eigenvalue weighted by Crippen LogP contribution is 2.39. The van der Waals surface area contributed by atoms with Crippen molar-refractivity contribution in [1.29, 1.82) is 0 Å². The summed E-state index contributed by atoms with van der Waals surface area (Å²) in [6.45, 7) is 2.00. The van der Waals surface area contributed by atoms with Crippen molar-refractivity contribution in [2.24, 2.45) is 0 Å². The topological polar surface area (TPSA) is 24.9 Å². The Bertz CT molecular complexity index is 631. The van der Waals surface area contributed by atoms with Crippen LogP contribution in [-0.4, -0.2) is 18.1 Å². The molecule has 2 aromatic rings. The van der Waals surface area contributed by atoms with E-state index in [9.17, 15) is 0 Å². The van der Waals surface area contributed by atoms with Gasteiger partial charge in [-0.1, -0.05) is 23.7 Å². The van der Waals surface area contributed by atoms with Crippen LogP contribution >= 0.6 is 43.5 Å². The van der Waals surface area contributed by atoms with E-state index in [0.29, 0.717) is 11.8 Å². The van der Waals surface area contributed by atoms with Crippen LogP contribution in [0.25, 0.3) is 0 Å². The summed E-state index contributed by atoms with van der Waals surface area (Å²) >= 11 is 13.1. The van der Waals surface area contributed by atoms with Crippen LogP contribution in [0.15, 0.2) is 45.5 Å². The number of nitrogens with one attached hydrogen (secondary N) is 1. The van der Waals surface area contributed by atoms with Gasteiger partial charge in [-0.05, 0) is 68.6 Å². The molecule has 110 valence electrons. The van der Waals surface area contributed by atoms with Crippen LogP contribution in [0.1, 0.15) is 29.5 Å². The maximum Gasteiger partial charge on any atom is 0.0584 e. The molecule has 2 nitrogen and oxygen atoms in total. The Labute approximate surface area is 146 Å². The third-order valence-corrected chi connectivity index (χ3v) is 5.29. The molecule has 0 radical (unpaired) electrons. The van der Waals surface area contributed by atoms with Gasteiger partial charge in [0.2, 0.25) is 0 Å². The number of hydrogen-bond donors (Lipinski definition) is 1. The summed E-state index contributed by atoms with van der Waals surface area (Å²) in [5.74, 6) is 0.830. The largest absolute Gasteiger partial charge is 0.316 e. The van der Waals surface area contributed by atoms with Crippen molar-refractivity contribution in [3.8, 4) is 0 Å². The molecule has 2 heterocycles. The summed E-state index contributed by atoms with van der Waals surface area (Å²) in [5.41, 5.74) is 2.45. The zero-order valence-electron chi connectivity index (χ0n) is 11.3. The van der Waals surface area contributed by atoms with Gasteiger partial charge in [0.15, 0.2) is 0 Å². The molecule has 2 unspecified atom stereocenters. The normalized spacial score (nSPS) is 22.2. The molecule has 1 aliphatic heterocycles. The molecule has 1 fully saturated rings. The molecule has 0 bridgehead atoms. The summed E-state index contributed by atoms with van der Waals surface area (Å²) in [6, 6.07) is 10.3. The minimum Gasteiger partial charge on any atom is -0.316 e. The van der Waals surface area contributed by atoms with Crippen LogP contribution in [0.3, 0.4) is 0 Å². The van der Waals surface area contributed by atoms with Gasteiger partial charge < -0.3 is 5.32 Å². The fourth-order valence-corrected chi connectivity index (χ4v) is 4.35. The van der Waals surface area contributed by atoms with Crippen LogP contribution in [0.2, 0.25) is 5.02 Å². The van der Waals surface area contributed by atoms with Gasteiger partial charge in [-0.25, -0.2) is 0 Å². The van der Waals surface area contributed by atoms with Crippen molar-refractivity contribution < 1.29 is 0 Å². The number of piperidine rings is 1. The predicted octanol–water partition coefficient (Wildman–Crippen LogP) is 5.12. The Kier molecular flexibility index (Phi) is 4.99. The lowest BCUT2D eigenvalue weighted by Gasteiger charge is -2.32. The molecule has 0 amide bonds. The zero-order valence-corrected chi connectivity index (χ0v) is 15.2. The Morgan fingerprint density at radius 1 is 1.14 bits per heavy atom. The first-order valence-electron chi connectivity index (χ1n) is 6.92. The van der Waals surface area contributed by atoms with E-state index in [4.69, 9.17) is 11.6 Å². The summed E-state index contributed by atoms with van der Waals surface area (Å²) in [5, 5.41) is 4.27. The smallest absolute Gasteiger partial charge is 0.0584 e. The Morgan fingerprint density at radius 2 is 1.90 bits per heavy atom. The number of benzene rings is 1. The maximum absolute atomic E-state index is 6.01. The van der Waals surface area contributed by atoms with Crippen LogP contribution in [0.5, 0.6) is 0 Å². The van der Waals surface area contributed by atoms with Crippen molar-refractivity contribution in [2.75, 3.05) is 13.1 Å². The van der Waals surface area contributed by atoms with Crippen molar-refractivity contribution in [1.82, 2.24) is 10.3 Å². The lowest BCUT2D eigenvalue weighted by molar-refractivity contribution is 0.397. The van der Waals surface area contributed by atoms with E-state index in [2.05, 4.69) is 60.4 Å². The molecule has 0 spiro atoms. The molecule has 21 heavy (non-hydrogen) atoms. The Hall–Kier alpha value is -0.420. The molecule has 3 rings (SSSR count). The molecule has 0 saturated carbocycles. The van der Waals surface area contributed by atoms with Crippen molar-refractivity contribution in [3.05, 3.63) is 61.8 Å². The molecule has 1 saturated heterocycles. The summed E-state index contributed by atoms with van der Waals surface area (Å²) < 4.78 is 2.07. The summed E-state index contributed by atoms with van der Waals surface area (Å²) in [6.07, 6.45) is 2.96. The van der Waals surface area contributed by atoms with E-state index in [1.54, 1.807) is 0 Å². The number of hydrogen-bond acceptors (Lipinski definition) is 2. The number of pyridine rings is 1. The Morgan fingerprint density at radius 3 is 2.62 bits per heavy atom. The zero-order chi connectivity index (χ0) is 14.8. The highest BCUT2D eigenvalue weighted by Gasteiger charge is 2.30. The van der Waals surface area contributed by atoms with E-state index < -0.39 is 0 Å².